The topological polar surface area (TPSA) is 35.6 Å². The van der Waals surface area contributed by atoms with Crippen LogP contribution in [0.3, 0.4) is 0 Å². The molecule has 0 aliphatic heterocycles. The van der Waals surface area contributed by atoms with Crippen LogP contribution in [0.2, 0.25) is 0 Å². The standard InChI is InChI=1S/C43H30N4/c1-43(2)33-22-12-9-20-31(33)39-38(43)42(45-41(44-39)27-15-5-3-6-16-27)47-35-24-14-11-21-32(35)37-36(47)26-25-30-29-19-10-13-23-34(29)46(40(30)37)28-17-7-4-8-18-28/h3-26H,1-2H3. The number of hydrogen-bond acceptors (Lipinski definition) is 2. The van der Waals surface area contributed by atoms with Crippen molar-refractivity contribution >= 4 is 43.6 Å². The largest absolute Gasteiger partial charge is 0.309 e. The van der Waals surface area contributed by atoms with Crippen molar-refractivity contribution in [1.29, 1.82) is 0 Å². The van der Waals surface area contributed by atoms with Gasteiger partial charge in [0.1, 0.15) is 5.82 Å². The molecule has 1 aliphatic carbocycles. The van der Waals surface area contributed by atoms with Gasteiger partial charge in [0, 0.05) is 49.3 Å². The highest BCUT2D eigenvalue weighted by Crippen LogP contribution is 2.51. The first-order valence-corrected chi connectivity index (χ1v) is 16.2. The lowest BCUT2D eigenvalue weighted by Gasteiger charge is -2.24. The number of fused-ring (bicyclic) bond motifs is 10. The molecule has 0 spiro atoms. The highest BCUT2D eigenvalue weighted by atomic mass is 15.1. The lowest BCUT2D eigenvalue weighted by Crippen LogP contribution is -2.19. The molecular formula is C43H30N4. The average Bonchev–Trinajstić information content (AvgIpc) is 3.72. The summed E-state index contributed by atoms with van der Waals surface area (Å²) in [5, 5.41) is 4.91. The highest BCUT2D eigenvalue weighted by Gasteiger charge is 2.41. The van der Waals surface area contributed by atoms with E-state index in [0.29, 0.717) is 0 Å². The van der Waals surface area contributed by atoms with Crippen LogP contribution >= 0.6 is 0 Å². The molecule has 0 N–H and O–H groups in total. The zero-order valence-electron chi connectivity index (χ0n) is 26.1. The van der Waals surface area contributed by atoms with E-state index in [1.807, 2.05) is 6.07 Å². The maximum atomic E-state index is 5.48. The second-order valence-corrected chi connectivity index (χ2v) is 13.0. The number of benzene rings is 6. The van der Waals surface area contributed by atoms with E-state index in [-0.39, 0.29) is 5.41 Å². The van der Waals surface area contributed by atoms with Gasteiger partial charge in [-0.25, -0.2) is 9.97 Å². The van der Waals surface area contributed by atoms with Crippen LogP contribution in [0.1, 0.15) is 25.0 Å². The molecule has 0 saturated heterocycles. The Morgan fingerprint density at radius 2 is 1.15 bits per heavy atom. The smallest absolute Gasteiger partial charge is 0.162 e. The van der Waals surface area contributed by atoms with E-state index < -0.39 is 0 Å². The number of nitrogens with zero attached hydrogens (tertiary/aromatic N) is 4. The Morgan fingerprint density at radius 1 is 0.511 bits per heavy atom. The summed E-state index contributed by atoms with van der Waals surface area (Å²) in [6.07, 6.45) is 0. The average molecular weight is 603 g/mol. The van der Waals surface area contributed by atoms with Gasteiger partial charge in [-0.1, -0.05) is 129 Å². The van der Waals surface area contributed by atoms with Crippen molar-refractivity contribution in [3.8, 4) is 34.2 Å². The van der Waals surface area contributed by atoms with Crippen molar-refractivity contribution in [2.45, 2.75) is 19.3 Å². The van der Waals surface area contributed by atoms with E-state index in [1.54, 1.807) is 0 Å². The lowest BCUT2D eigenvalue weighted by molar-refractivity contribution is 0.650. The molecule has 0 fully saturated rings. The van der Waals surface area contributed by atoms with Crippen LogP contribution in [-0.2, 0) is 5.41 Å². The van der Waals surface area contributed by atoms with Crippen LogP contribution < -0.4 is 0 Å². The zero-order chi connectivity index (χ0) is 31.3. The van der Waals surface area contributed by atoms with Gasteiger partial charge in [-0.05, 0) is 35.9 Å². The van der Waals surface area contributed by atoms with Crippen LogP contribution in [0.15, 0.2) is 146 Å². The molecular weight excluding hydrogens is 573 g/mol. The fourth-order valence-electron chi connectivity index (χ4n) is 8.05. The minimum absolute atomic E-state index is 0.294. The van der Waals surface area contributed by atoms with Crippen LogP contribution in [0.5, 0.6) is 0 Å². The van der Waals surface area contributed by atoms with Crippen LogP contribution in [0.25, 0.3) is 77.8 Å². The van der Waals surface area contributed by atoms with Gasteiger partial charge in [0.2, 0.25) is 0 Å². The van der Waals surface area contributed by atoms with E-state index in [0.717, 1.165) is 45.2 Å². The van der Waals surface area contributed by atoms with Crippen LogP contribution in [0, 0.1) is 0 Å². The first-order valence-electron chi connectivity index (χ1n) is 16.2. The Labute approximate surface area is 272 Å². The third-order valence-corrected chi connectivity index (χ3v) is 10.1. The van der Waals surface area contributed by atoms with Gasteiger partial charge in [-0.3, -0.25) is 4.57 Å². The zero-order valence-corrected chi connectivity index (χ0v) is 26.1. The van der Waals surface area contributed by atoms with Gasteiger partial charge < -0.3 is 4.57 Å². The van der Waals surface area contributed by atoms with Gasteiger partial charge in [0.05, 0.1) is 27.8 Å². The monoisotopic (exact) mass is 602 g/mol. The second kappa shape index (κ2) is 9.51. The Bertz CT molecular complexity index is 2700. The summed E-state index contributed by atoms with van der Waals surface area (Å²) in [7, 11) is 0. The van der Waals surface area contributed by atoms with Crippen molar-refractivity contribution in [3.63, 3.8) is 0 Å². The maximum Gasteiger partial charge on any atom is 0.162 e. The predicted molar refractivity (Wildman–Crippen MR) is 194 cm³/mol. The molecule has 47 heavy (non-hydrogen) atoms. The molecule has 3 aromatic heterocycles. The molecule has 1 aliphatic rings. The van der Waals surface area contributed by atoms with Crippen LogP contribution in [0.4, 0.5) is 0 Å². The van der Waals surface area contributed by atoms with Crippen molar-refractivity contribution < 1.29 is 0 Å². The molecule has 0 bridgehead atoms. The SMILES string of the molecule is CC1(C)c2ccccc2-c2nc(-c3ccccc3)nc(-n3c4ccccc4c4c3ccc3c5ccccc5n(-c5ccccc5)c34)c21. The molecule has 4 heteroatoms. The minimum Gasteiger partial charge on any atom is -0.309 e. The molecule has 3 heterocycles. The quantitative estimate of drug-likeness (QED) is 0.202. The molecule has 0 saturated carbocycles. The molecule has 9 aromatic rings. The third kappa shape index (κ3) is 3.53. The molecule has 0 amide bonds. The van der Waals surface area contributed by atoms with Crippen LogP contribution in [-0.4, -0.2) is 19.1 Å². The molecule has 0 unspecified atom stereocenters. The first-order chi connectivity index (χ1) is 23.1. The van der Waals surface area contributed by atoms with Crippen molar-refractivity contribution in [1.82, 2.24) is 19.1 Å². The summed E-state index contributed by atoms with van der Waals surface area (Å²) in [5.41, 5.74) is 11.2. The molecule has 6 aromatic carbocycles. The van der Waals surface area contributed by atoms with E-state index in [2.05, 4.69) is 163 Å². The van der Waals surface area contributed by atoms with Gasteiger partial charge in [-0.2, -0.15) is 0 Å². The Hall–Kier alpha value is -6.00. The Morgan fingerprint density at radius 3 is 1.94 bits per heavy atom. The highest BCUT2D eigenvalue weighted by molar-refractivity contribution is 6.26. The van der Waals surface area contributed by atoms with Gasteiger partial charge in [0.25, 0.3) is 0 Å². The lowest BCUT2D eigenvalue weighted by atomic mass is 9.82. The summed E-state index contributed by atoms with van der Waals surface area (Å²) in [4.78, 5) is 10.8. The minimum atomic E-state index is -0.294. The maximum absolute atomic E-state index is 5.48. The summed E-state index contributed by atoms with van der Waals surface area (Å²) in [6, 6.07) is 51.9. The molecule has 0 radical (unpaired) electrons. The summed E-state index contributed by atoms with van der Waals surface area (Å²) in [6.45, 7) is 4.62. The van der Waals surface area contributed by atoms with E-state index >= 15 is 0 Å². The number of hydrogen-bond donors (Lipinski definition) is 0. The summed E-state index contributed by atoms with van der Waals surface area (Å²) < 4.78 is 4.83. The van der Waals surface area contributed by atoms with Gasteiger partial charge in [-0.15, -0.1) is 0 Å². The molecule has 4 nitrogen and oxygen atoms in total. The van der Waals surface area contributed by atoms with E-state index in [4.69, 9.17) is 9.97 Å². The van der Waals surface area contributed by atoms with Gasteiger partial charge >= 0.3 is 0 Å². The van der Waals surface area contributed by atoms with E-state index in [1.165, 1.54) is 43.7 Å². The van der Waals surface area contributed by atoms with Crippen molar-refractivity contribution in [3.05, 3.63) is 157 Å². The van der Waals surface area contributed by atoms with Crippen molar-refractivity contribution in [2.75, 3.05) is 0 Å². The number of para-hydroxylation sites is 3. The van der Waals surface area contributed by atoms with Crippen molar-refractivity contribution in [2.24, 2.45) is 0 Å². The second-order valence-electron chi connectivity index (χ2n) is 13.0. The first kappa shape index (κ1) is 26.2. The van der Waals surface area contributed by atoms with E-state index in [9.17, 15) is 0 Å². The third-order valence-electron chi connectivity index (χ3n) is 10.1. The molecule has 10 rings (SSSR count). The summed E-state index contributed by atoms with van der Waals surface area (Å²) >= 11 is 0. The Kier molecular flexibility index (Phi) is 5.31. The number of aromatic nitrogens is 4. The normalized spacial score (nSPS) is 13.5. The predicted octanol–water partition coefficient (Wildman–Crippen LogP) is 10.6. The summed E-state index contributed by atoms with van der Waals surface area (Å²) in [5.74, 6) is 1.67. The molecule has 0 atom stereocenters. The molecule has 222 valence electrons. The fourth-order valence-corrected chi connectivity index (χ4v) is 8.05. The Balaban J connectivity index is 1.40. The number of rotatable bonds is 3. The van der Waals surface area contributed by atoms with Gasteiger partial charge in [0.15, 0.2) is 5.82 Å². The fraction of sp³-hybridized carbons (Fsp3) is 0.0698.